The molecule has 0 bridgehead atoms. The number of piperidine rings is 1. The van der Waals surface area contributed by atoms with Crippen molar-refractivity contribution in [1.82, 2.24) is 10.2 Å². The zero-order chi connectivity index (χ0) is 14.5. The Bertz CT molecular complexity index is 430. The number of benzene rings is 1. The molecule has 0 aromatic heterocycles. The number of nitrogens with one attached hydrogen (secondary N) is 1. The van der Waals surface area contributed by atoms with Gasteiger partial charge in [-0.3, -0.25) is 0 Å². The summed E-state index contributed by atoms with van der Waals surface area (Å²) in [4.78, 5) is 2.52. The first-order chi connectivity index (χ1) is 9.60. The molecule has 0 radical (unpaired) electrons. The Kier molecular flexibility index (Phi) is 5.82. The molecule has 1 fully saturated rings. The molecule has 0 saturated carbocycles. The van der Waals surface area contributed by atoms with Crippen LogP contribution in [0.1, 0.15) is 44.7 Å². The SMILES string of the molecule is CCCN1CCC(NC(C)c2ccc(Cl)c(F)c2)CC1. The van der Waals surface area contributed by atoms with Crippen LogP contribution in [0.3, 0.4) is 0 Å². The fraction of sp³-hybridized carbons (Fsp3) is 0.625. The minimum absolute atomic E-state index is 0.157. The Balaban J connectivity index is 1.85. The van der Waals surface area contributed by atoms with Crippen LogP contribution >= 0.6 is 11.6 Å². The summed E-state index contributed by atoms with van der Waals surface area (Å²) in [6.45, 7) is 7.83. The van der Waals surface area contributed by atoms with E-state index in [1.165, 1.54) is 31.9 Å². The van der Waals surface area contributed by atoms with Gasteiger partial charge in [-0.1, -0.05) is 24.6 Å². The third-order valence-electron chi connectivity index (χ3n) is 4.06. The average Bonchev–Trinajstić information content (AvgIpc) is 2.44. The van der Waals surface area contributed by atoms with E-state index in [1.807, 2.05) is 6.07 Å². The van der Waals surface area contributed by atoms with Gasteiger partial charge in [-0.2, -0.15) is 0 Å². The summed E-state index contributed by atoms with van der Waals surface area (Å²) in [5, 5.41) is 3.80. The van der Waals surface area contributed by atoms with Gasteiger partial charge < -0.3 is 10.2 Å². The molecule has 20 heavy (non-hydrogen) atoms. The Labute approximate surface area is 126 Å². The molecule has 4 heteroatoms. The van der Waals surface area contributed by atoms with Gasteiger partial charge in [0.05, 0.1) is 5.02 Å². The van der Waals surface area contributed by atoms with E-state index in [-0.39, 0.29) is 16.9 Å². The summed E-state index contributed by atoms with van der Waals surface area (Å²) in [5.41, 5.74) is 0.961. The van der Waals surface area contributed by atoms with Crippen LogP contribution in [0.5, 0.6) is 0 Å². The van der Waals surface area contributed by atoms with Gasteiger partial charge in [-0.15, -0.1) is 0 Å². The van der Waals surface area contributed by atoms with E-state index in [2.05, 4.69) is 24.1 Å². The van der Waals surface area contributed by atoms with Gasteiger partial charge >= 0.3 is 0 Å². The maximum absolute atomic E-state index is 13.5. The lowest BCUT2D eigenvalue weighted by molar-refractivity contribution is 0.192. The minimum atomic E-state index is -0.337. The fourth-order valence-electron chi connectivity index (χ4n) is 2.87. The summed E-state index contributed by atoms with van der Waals surface area (Å²) in [6, 6.07) is 5.75. The topological polar surface area (TPSA) is 15.3 Å². The van der Waals surface area contributed by atoms with E-state index in [0.29, 0.717) is 6.04 Å². The lowest BCUT2D eigenvalue weighted by Crippen LogP contribution is -2.43. The van der Waals surface area contributed by atoms with E-state index >= 15 is 0 Å². The molecule has 112 valence electrons. The van der Waals surface area contributed by atoms with E-state index in [1.54, 1.807) is 6.07 Å². The second-order valence-electron chi connectivity index (χ2n) is 5.68. The molecule has 2 rings (SSSR count). The van der Waals surface area contributed by atoms with Gasteiger partial charge in [0.15, 0.2) is 0 Å². The van der Waals surface area contributed by atoms with Gasteiger partial charge in [0.25, 0.3) is 0 Å². The van der Waals surface area contributed by atoms with Crippen LogP contribution in [-0.2, 0) is 0 Å². The van der Waals surface area contributed by atoms with Crippen molar-refractivity contribution in [3.8, 4) is 0 Å². The summed E-state index contributed by atoms with van der Waals surface area (Å²) in [7, 11) is 0. The molecule has 0 aliphatic carbocycles. The summed E-state index contributed by atoms with van der Waals surface area (Å²) in [6.07, 6.45) is 3.55. The van der Waals surface area contributed by atoms with E-state index in [0.717, 1.165) is 18.7 Å². The highest BCUT2D eigenvalue weighted by Gasteiger charge is 2.20. The molecule has 0 spiro atoms. The van der Waals surface area contributed by atoms with Crippen LogP contribution in [0, 0.1) is 5.82 Å². The van der Waals surface area contributed by atoms with E-state index < -0.39 is 0 Å². The Hall–Kier alpha value is -0.640. The first-order valence-electron chi connectivity index (χ1n) is 7.53. The quantitative estimate of drug-likeness (QED) is 0.884. The summed E-state index contributed by atoms with van der Waals surface area (Å²) >= 11 is 5.72. The third-order valence-corrected chi connectivity index (χ3v) is 4.36. The van der Waals surface area contributed by atoms with Crippen LogP contribution in [0.25, 0.3) is 0 Å². The number of rotatable bonds is 5. The van der Waals surface area contributed by atoms with Crippen LogP contribution < -0.4 is 5.32 Å². The van der Waals surface area contributed by atoms with E-state index in [9.17, 15) is 4.39 Å². The number of halogens is 2. The Morgan fingerprint density at radius 1 is 1.40 bits per heavy atom. The van der Waals surface area contributed by atoms with Crippen molar-refractivity contribution in [2.24, 2.45) is 0 Å². The van der Waals surface area contributed by atoms with Gasteiger partial charge in [0, 0.05) is 12.1 Å². The zero-order valence-electron chi connectivity index (χ0n) is 12.3. The van der Waals surface area contributed by atoms with Crippen LogP contribution in [0.2, 0.25) is 5.02 Å². The summed E-state index contributed by atoms with van der Waals surface area (Å²) in [5.74, 6) is -0.337. The van der Waals surface area contributed by atoms with Crippen molar-refractivity contribution in [1.29, 1.82) is 0 Å². The molecule has 1 heterocycles. The molecule has 1 aliphatic heterocycles. The fourth-order valence-corrected chi connectivity index (χ4v) is 2.99. The van der Waals surface area contributed by atoms with Gasteiger partial charge in [-0.25, -0.2) is 4.39 Å². The number of hydrogen-bond acceptors (Lipinski definition) is 2. The minimum Gasteiger partial charge on any atom is -0.307 e. The molecule has 1 aromatic rings. The number of hydrogen-bond donors (Lipinski definition) is 1. The predicted octanol–water partition coefficient (Wildman–Crippen LogP) is 4.00. The van der Waals surface area contributed by atoms with Crippen molar-refractivity contribution in [3.63, 3.8) is 0 Å². The second-order valence-corrected chi connectivity index (χ2v) is 6.09. The highest BCUT2D eigenvalue weighted by molar-refractivity contribution is 6.30. The van der Waals surface area contributed by atoms with Gasteiger partial charge in [0.1, 0.15) is 5.82 Å². The molecule has 1 atom stereocenters. The number of nitrogens with zero attached hydrogens (tertiary/aromatic N) is 1. The van der Waals surface area contributed by atoms with Crippen molar-refractivity contribution in [2.45, 2.75) is 45.2 Å². The maximum atomic E-state index is 13.5. The highest BCUT2D eigenvalue weighted by Crippen LogP contribution is 2.22. The largest absolute Gasteiger partial charge is 0.307 e. The monoisotopic (exact) mass is 298 g/mol. The molecule has 1 aliphatic rings. The van der Waals surface area contributed by atoms with Crippen molar-refractivity contribution in [3.05, 3.63) is 34.6 Å². The maximum Gasteiger partial charge on any atom is 0.142 e. The Morgan fingerprint density at radius 3 is 2.70 bits per heavy atom. The van der Waals surface area contributed by atoms with Crippen LogP contribution in [0.4, 0.5) is 4.39 Å². The molecule has 1 aromatic carbocycles. The second kappa shape index (κ2) is 7.39. The first-order valence-corrected chi connectivity index (χ1v) is 7.91. The molecule has 2 nitrogen and oxygen atoms in total. The molecule has 1 N–H and O–H groups in total. The van der Waals surface area contributed by atoms with Crippen molar-refractivity contribution >= 4 is 11.6 Å². The zero-order valence-corrected chi connectivity index (χ0v) is 13.1. The standard InChI is InChI=1S/C16H24ClFN2/c1-3-8-20-9-6-14(7-10-20)19-12(2)13-4-5-15(17)16(18)11-13/h4-5,11-12,14,19H,3,6-10H2,1-2H3. The smallest absolute Gasteiger partial charge is 0.142 e. The molecular weight excluding hydrogens is 275 g/mol. The first kappa shape index (κ1) is 15.7. The molecular formula is C16H24ClFN2. The van der Waals surface area contributed by atoms with Gasteiger partial charge in [-0.05, 0) is 63.5 Å². The molecule has 1 saturated heterocycles. The molecule has 1 unspecified atom stereocenters. The van der Waals surface area contributed by atoms with Crippen molar-refractivity contribution < 1.29 is 4.39 Å². The van der Waals surface area contributed by atoms with E-state index in [4.69, 9.17) is 11.6 Å². The normalized spacial score (nSPS) is 19.2. The lowest BCUT2D eigenvalue weighted by Gasteiger charge is -2.33. The van der Waals surface area contributed by atoms with Crippen LogP contribution in [0.15, 0.2) is 18.2 Å². The highest BCUT2D eigenvalue weighted by atomic mass is 35.5. The summed E-state index contributed by atoms with van der Waals surface area (Å²) < 4.78 is 13.5. The lowest BCUT2D eigenvalue weighted by atomic mass is 10.0. The average molecular weight is 299 g/mol. The Morgan fingerprint density at radius 2 is 2.10 bits per heavy atom. The van der Waals surface area contributed by atoms with Gasteiger partial charge in [0.2, 0.25) is 0 Å². The number of likely N-dealkylation sites (tertiary alicyclic amines) is 1. The van der Waals surface area contributed by atoms with Crippen molar-refractivity contribution in [2.75, 3.05) is 19.6 Å². The predicted molar refractivity (Wildman–Crippen MR) is 82.7 cm³/mol. The molecule has 0 amide bonds. The third kappa shape index (κ3) is 4.18. The van der Waals surface area contributed by atoms with Crippen LogP contribution in [-0.4, -0.2) is 30.6 Å².